The summed E-state index contributed by atoms with van der Waals surface area (Å²) in [5.74, 6) is -0.682. The first-order valence-electron chi connectivity index (χ1n) is 4.15. The van der Waals surface area contributed by atoms with Crippen LogP contribution in [-0.4, -0.2) is 21.5 Å². The predicted molar refractivity (Wildman–Crippen MR) is 55.9 cm³/mol. The van der Waals surface area contributed by atoms with Crippen molar-refractivity contribution in [2.45, 2.75) is 4.90 Å². The summed E-state index contributed by atoms with van der Waals surface area (Å²) in [6, 6.07) is 2.12. The molecule has 4 N–H and O–H groups in total. The van der Waals surface area contributed by atoms with Gasteiger partial charge in [-0.1, -0.05) is 0 Å². The molecule has 0 saturated carbocycles. The molecule has 1 aromatic rings. The Morgan fingerprint density at radius 1 is 1.44 bits per heavy atom. The monoisotopic (exact) mass is 247 g/mol. The summed E-state index contributed by atoms with van der Waals surface area (Å²) in [7, 11) is -2.67. The van der Waals surface area contributed by atoms with Gasteiger partial charge in [0.1, 0.15) is 10.7 Å². The summed E-state index contributed by atoms with van der Waals surface area (Å²) >= 11 is 0. The summed E-state index contributed by atoms with van der Waals surface area (Å²) in [6.07, 6.45) is 0. The van der Waals surface area contributed by atoms with Crippen molar-refractivity contribution in [1.82, 2.24) is 5.32 Å². The topological polar surface area (TPSA) is 101 Å². The summed E-state index contributed by atoms with van der Waals surface area (Å²) in [5, 5.41) is 9.26. The summed E-state index contributed by atoms with van der Waals surface area (Å²) < 4.78 is 35.1. The Bertz CT molecular complexity index is 515. The molecule has 0 unspecified atom stereocenters. The van der Waals surface area contributed by atoms with E-state index in [0.717, 1.165) is 18.2 Å². The van der Waals surface area contributed by atoms with Crippen molar-refractivity contribution in [3.05, 3.63) is 24.0 Å². The largest absolute Gasteiger partial charge is 0.341 e. The van der Waals surface area contributed by atoms with Crippen LogP contribution in [0.15, 0.2) is 23.1 Å². The zero-order valence-corrected chi connectivity index (χ0v) is 9.14. The number of amides is 2. The average Bonchev–Trinajstić information content (AvgIpc) is 2.15. The molecule has 2 amide bonds. The molecule has 16 heavy (non-hydrogen) atoms. The number of halogens is 1. The lowest BCUT2D eigenvalue weighted by Crippen LogP contribution is -2.26. The van der Waals surface area contributed by atoms with Crippen molar-refractivity contribution in [3.63, 3.8) is 0 Å². The first-order valence-corrected chi connectivity index (χ1v) is 5.70. The zero-order valence-electron chi connectivity index (χ0n) is 8.32. The molecule has 0 aromatic heterocycles. The van der Waals surface area contributed by atoms with Gasteiger partial charge >= 0.3 is 6.03 Å². The minimum atomic E-state index is -4.01. The van der Waals surface area contributed by atoms with Gasteiger partial charge in [0.05, 0.1) is 5.69 Å². The van der Waals surface area contributed by atoms with Crippen LogP contribution in [0.2, 0.25) is 0 Å². The maximum absolute atomic E-state index is 12.9. The molecule has 88 valence electrons. The van der Waals surface area contributed by atoms with E-state index in [1.807, 2.05) is 0 Å². The highest BCUT2D eigenvalue weighted by Crippen LogP contribution is 2.20. The second kappa shape index (κ2) is 4.45. The van der Waals surface area contributed by atoms with E-state index >= 15 is 0 Å². The summed E-state index contributed by atoms with van der Waals surface area (Å²) in [5.41, 5.74) is -0.207. The minimum absolute atomic E-state index is 0.207. The molecule has 1 aromatic carbocycles. The molecule has 8 heteroatoms. The molecule has 0 spiro atoms. The van der Waals surface area contributed by atoms with Crippen LogP contribution in [0.25, 0.3) is 0 Å². The lowest BCUT2D eigenvalue weighted by Gasteiger charge is -2.08. The van der Waals surface area contributed by atoms with Gasteiger partial charge in [-0.25, -0.2) is 22.7 Å². The molecule has 0 saturated heterocycles. The van der Waals surface area contributed by atoms with Gasteiger partial charge in [-0.3, -0.25) is 0 Å². The van der Waals surface area contributed by atoms with Crippen molar-refractivity contribution in [2.24, 2.45) is 5.14 Å². The number of rotatable bonds is 2. The molecule has 0 bridgehead atoms. The number of sulfonamides is 1. The zero-order chi connectivity index (χ0) is 12.3. The van der Waals surface area contributed by atoms with Crippen LogP contribution in [0.1, 0.15) is 0 Å². The van der Waals surface area contributed by atoms with Gasteiger partial charge in [-0.05, 0) is 18.2 Å². The Labute approximate surface area is 91.7 Å². The highest BCUT2D eigenvalue weighted by molar-refractivity contribution is 7.89. The van der Waals surface area contributed by atoms with Gasteiger partial charge in [0.25, 0.3) is 0 Å². The first-order chi connectivity index (χ1) is 7.34. The van der Waals surface area contributed by atoms with Crippen LogP contribution in [0, 0.1) is 5.82 Å². The Morgan fingerprint density at radius 2 is 2.06 bits per heavy atom. The highest BCUT2D eigenvalue weighted by Gasteiger charge is 2.15. The number of carbonyl (C=O) groups is 1. The number of urea groups is 1. The first kappa shape index (κ1) is 12.4. The molecular weight excluding hydrogens is 237 g/mol. The van der Waals surface area contributed by atoms with E-state index in [-0.39, 0.29) is 10.6 Å². The molecular formula is C8H10FN3O3S. The fourth-order valence-electron chi connectivity index (χ4n) is 1.03. The molecule has 0 aliphatic rings. The van der Waals surface area contributed by atoms with Crippen LogP contribution in [0.4, 0.5) is 14.9 Å². The number of hydrogen-bond acceptors (Lipinski definition) is 3. The summed E-state index contributed by atoms with van der Waals surface area (Å²) in [6.45, 7) is 0. The van der Waals surface area contributed by atoms with E-state index in [4.69, 9.17) is 5.14 Å². The van der Waals surface area contributed by atoms with Crippen LogP contribution in [0.3, 0.4) is 0 Å². The predicted octanol–water partition coefficient (Wildman–Crippen LogP) is 0.224. The lowest BCUT2D eigenvalue weighted by atomic mass is 10.3. The maximum Gasteiger partial charge on any atom is 0.319 e. The molecule has 0 heterocycles. The van der Waals surface area contributed by atoms with Crippen LogP contribution >= 0.6 is 0 Å². The lowest BCUT2D eigenvalue weighted by molar-refractivity contribution is 0.254. The van der Waals surface area contributed by atoms with Crippen molar-refractivity contribution < 1.29 is 17.6 Å². The smallest absolute Gasteiger partial charge is 0.319 e. The van der Waals surface area contributed by atoms with Crippen LogP contribution in [-0.2, 0) is 10.0 Å². The number of carbonyl (C=O) groups excluding carboxylic acids is 1. The van der Waals surface area contributed by atoms with Crippen LogP contribution in [0.5, 0.6) is 0 Å². The van der Waals surface area contributed by atoms with Gasteiger partial charge in [-0.2, -0.15) is 0 Å². The van der Waals surface area contributed by atoms with E-state index in [1.54, 1.807) is 0 Å². The second-order valence-corrected chi connectivity index (χ2v) is 4.42. The number of hydrogen-bond donors (Lipinski definition) is 3. The van der Waals surface area contributed by atoms with E-state index in [1.165, 1.54) is 7.05 Å². The fraction of sp³-hybridized carbons (Fsp3) is 0.125. The molecule has 0 radical (unpaired) electrons. The van der Waals surface area contributed by atoms with E-state index in [9.17, 15) is 17.6 Å². The third-order valence-corrected chi connectivity index (χ3v) is 2.69. The Morgan fingerprint density at radius 3 is 2.56 bits per heavy atom. The van der Waals surface area contributed by atoms with Crippen molar-refractivity contribution in [3.8, 4) is 0 Å². The average molecular weight is 247 g/mol. The van der Waals surface area contributed by atoms with Crippen LogP contribution < -0.4 is 15.8 Å². The molecule has 0 fully saturated rings. The Balaban J connectivity index is 3.24. The van der Waals surface area contributed by atoms with Gasteiger partial charge in [0.15, 0.2) is 0 Å². The molecule has 0 aliphatic heterocycles. The van der Waals surface area contributed by atoms with Gasteiger partial charge in [0, 0.05) is 7.05 Å². The van der Waals surface area contributed by atoms with E-state index < -0.39 is 21.9 Å². The maximum atomic E-state index is 12.9. The third kappa shape index (κ3) is 2.91. The van der Waals surface area contributed by atoms with Crippen molar-refractivity contribution >= 4 is 21.7 Å². The van der Waals surface area contributed by atoms with Gasteiger partial charge in [-0.15, -0.1) is 0 Å². The number of nitrogens with two attached hydrogens (primary N) is 1. The number of primary sulfonamides is 1. The molecule has 1 rings (SSSR count). The Hall–Kier alpha value is -1.67. The van der Waals surface area contributed by atoms with Crippen molar-refractivity contribution in [1.29, 1.82) is 0 Å². The second-order valence-electron chi connectivity index (χ2n) is 2.89. The standard InChI is InChI=1S/C8H10FN3O3S/c1-11-8(13)12-6-4-5(9)2-3-7(6)16(10,14)15/h2-4H,1H3,(H2,10,14,15)(H2,11,12,13). The molecule has 6 nitrogen and oxygen atoms in total. The normalized spacial score (nSPS) is 10.9. The Kier molecular flexibility index (Phi) is 3.45. The summed E-state index contributed by atoms with van der Waals surface area (Å²) in [4.78, 5) is 10.6. The van der Waals surface area contributed by atoms with E-state index in [0.29, 0.717) is 0 Å². The SMILES string of the molecule is CNC(=O)Nc1cc(F)ccc1S(N)(=O)=O. The quantitative estimate of drug-likeness (QED) is 0.696. The molecule has 0 atom stereocenters. The number of nitrogens with one attached hydrogen (secondary N) is 2. The van der Waals surface area contributed by atoms with E-state index in [2.05, 4.69) is 10.6 Å². The highest BCUT2D eigenvalue weighted by atomic mass is 32.2. The molecule has 0 aliphatic carbocycles. The van der Waals surface area contributed by atoms with Gasteiger partial charge in [0.2, 0.25) is 10.0 Å². The minimum Gasteiger partial charge on any atom is -0.341 e. The number of benzene rings is 1. The van der Waals surface area contributed by atoms with Crippen molar-refractivity contribution in [2.75, 3.05) is 12.4 Å². The third-order valence-electron chi connectivity index (χ3n) is 1.72. The van der Waals surface area contributed by atoms with Gasteiger partial charge < -0.3 is 10.6 Å². The fourth-order valence-corrected chi connectivity index (χ4v) is 1.71. The number of anilines is 1.